The van der Waals surface area contributed by atoms with Gasteiger partial charge in [0.25, 0.3) is 5.56 Å². The predicted molar refractivity (Wildman–Crippen MR) is 119 cm³/mol. The van der Waals surface area contributed by atoms with Crippen molar-refractivity contribution in [3.63, 3.8) is 0 Å². The average molecular weight is 415 g/mol. The van der Waals surface area contributed by atoms with E-state index in [9.17, 15) is 9.59 Å². The van der Waals surface area contributed by atoms with Crippen LogP contribution in [-0.2, 0) is 4.79 Å². The number of nitrogens with zero attached hydrogens (tertiary/aromatic N) is 2. The highest BCUT2D eigenvalue weighted by molar-refractivity contribution is 5.88. The van der Waals surface area contributed by atoms with Crippen molar-refractivity contribution < 1.29 is 9.53 Å². The summed E-state index contributed by atoms with van der Waals surface area (Å²) >= 11 is 0. The number of aryl methyl sites for hydroxylation is 1. The molecule has 1 saturated heterocycles. The lowest BCUT2D eigenvalue weighted by atomic mass is 9.89. The number of likely N-dealkylation sites (tertiary alicyclic amines) is 1. The Morgan fingerprint density at radius 1 is 0.935 bits per heavy atom. The quantitative estimate of drug-likeness (QED) is 0.615. The van der Waals surface area contributed by atoms with Crippen molar-refractivity contribution in [2.75, 3.05) is 13.1 Å². The molecule has 0 atom stereocenters. The zero-order valence-corrected chi connectivity index (χ0v) is 17.6. The maximum Gasteiger partial charge on any atom is 0.254 e. The molecule has 2 aliphatic rings. The number of ether oxygens (including phenoxy) is 1. The van der Waals surface area contributed by atoms with E-state index in [-0.39, 0.29) is 23.5 Å². The van der Waals surface area contributed by atoms with Gasteiger partial charge in [0.1, 0.15) is 11.9 Å². The monoisotopic (exact) mass is 414 g/mol. The number of rotatable bonds is 6. The minimum Gasteiger partial charge on any atom is -0.486 e. The molecule has 2 heterocycles. The molecule has 3 aromatic rings. The van der Waals surface area contributed by atoms with E-state index in [0.29, 0.717) is 24.9 Å². The van der Waals surface area contributed by atoms with E-state index in [1.807, 2.05) is 83.1 Å². The summed E-state index contributed by atoms with van der Waals surface area (Å²) in [5.74, 6) is 0.352. The summed E-state index contributed by atoms with van der Waals surface area (Å²) in [6, 6.07) is 23.6. The first-order valence-electron chi connectivity index (χ1n) is 10.9. The lowest BCUT2D eigenvalue weighted by Crippen LogP contribution is -2.57. The first kappa shape index (κ1) is 19.6. The van der Waals surface area contributed by atoms with Gasteiger partial charge >= 0.3 is 0 Å². The Morgan fingerprint density at radius 3 is 2.03 bits per heavy atom. The van der Waals surface area contributed by atoms with Gasteiger partial charge < -0.3 is 14.2 Å². The molecule has 5 rings (SSSR count). The van der Waals surface area contributed by atoms with E-state index < -0.39 is 0 Å². The van der Waals surface area contributed by atoms with Crippen LogP contribution in [0.25, 0.3) is 0 Å². The summed E-state index contributed by atoms with van der Waals surface area (Å²) in [5.41, 5.74) is 2.91. The summed E-state index contributed by atoms with van der Waals surface area (Å²) in [7, 11) is 0. The Balaban J connectivity index is 1.28. The molecule has 0 radical (unpaired) electrons. The lowest BCUT2D eigenvalue weighted by Gasteiger charge is -2.41. The zero-order valence-electron chi connectivity index (χ0n) is 17.6. The molecule has 31 heavy (non-hydrogen) atoms. The number of carbonyl (C=O) groups excluding carboxylic acids is 1. The maximum atomic E-state index is 13.4. The lowest BCUT2D eigenvalue weighted by molar-refractivity contribution is -0.140. The van der Waals surface area contributed by atoms with Crippen molar-refractivity contribution in [3.05, 3.63) is 100.0 Å². The van der Waals surface area contributed by atoms with Gasteiger partial charge in [-0.2, -0.15) is 0 Å². The van der Waals surface area contributed by atoms with Gasteiger partial charge in [0.2, 0.25) is 5.91 Å². The summed E-state index contributed by atoms with van der Waals surface area (Å²) in [5, 5.41) is 0. The Labute approximate surface area is 181 Å². The summed E-state index contributed by atoms with van der Waals surface area (Å²) in [6.45, 7) is 3.01. The first-order valence-corrected chi connectivity index (χ1v) is 10.9. The van der Waals surface area contributed by atoms with Gasteiger partial charge in [-0.05, 0) is 37.0 Å². The van der Waals surface area contributed by atoms with Crippen LogP contribution in [0.5, 0.6) is 5.75 Å². The number of carbonyl (C=O) groups is 1. The van der Waals surface area contributed by atoms with Gasteiger partial charge in [0.05, 0.1) is 19.0 Å². The topological polar surface area (TPSA) is 51.5 Å². The maximum absolute atomic E-state index is 13.4. The molecule has 1 amide bonds. The molecule has 0 N–H and O–H groups in total. The van der Waals surface area contributed by atoms with E-state index in [0.717, 1.165) is 29.7 Å². The third-order valence-corrected chi connectivity index (χ3v) is 6.12. The molecule has 5 heteroatoms. The van der Waals surface area contributed by atoms with Crippen molar-refractivity contribution in [2.45, 2.75) is 37.8 Å². The second kappa shape index (κ2) is 8.06. The average Bonchev–Trinajstić information content (AvgIpc) is 3.57. The summed E-state index contributed by atoms with van der Waals surface area (Å²) < 4.78 is 7.89. The SMILES string of the molecule is Cc1cc(OC2CN(C(=O)C(c3ccccc3)c3ccccc3)C2)cc(=O)n1C1CC1. The molecule has 2 fully saturated rings. The highest BCUT2D eigenvalue weighted by atomic mass is 16.5. The fourth-order valence-corrected chi connectivity index (χ4v) is 4.39. The molecule has 0 bridgehead atoms. The third kappa shape index (κ3) is 4.00. The third-order valence-electron chi connectivity index (χ3n) is 6.12. The van der Waals surface area contributed by atoms with Crippen LogP contribution >= 0.6 is 0 Å². The fraction of sp³-hybridized carbons (Fsp3) is 0.308. The van der Waals surface area contributed by atoms with Crippen LogP contribution in [-0.4, -0.2) is 34.6 Å². The number of amides is 1. The van der Waals surface area contributed by atoms with Crippen molar-refractivity contribution >= 4 is 5.91 Å². The second-order valence-electron chi connectivity index (χ2n) is 8.51. The number of benzene rings is 2. The molecule has 5 nitrogen and oxygen atoms in total. The fourth-order valence-electron chi connectivity index (χ4n) is 4.39. The van der Waals surface area contributed by atoms with Gasteiger partial charge in [-0.3, -0.25) is 9.59 Å². The van der Waals surface area contributed by atoms with Gasteiger partial charge in [-0.15, -0.1) is 0 Å². The number of aromatic nitrogens is 1. The van der Waals surface area contributed by atoms with Gasteiger partial charge in [-0.25, -0.2) is 0 Å². The molecule has 1 aliphatic heterocycles. The van der Waals surface area contributed by atoms with Crippen LogP contribution in [0.4, 0.5) is 0 Å². The van der Waals surface area contributed by atoms with Crippen LogP contribution in [0.3, 0.4) is 0 Å². The highest BCUT2D eigenvalue weighted by Gasteiger charge is 2.37. The van der Waals surface area contributed by atoms with E-state index >= 15 is 0 Å². The Bertz CT molecular complexity index is 1090. The molecule has 1 aromatic heterocycles. The van der Waals surface area contributed by atoms with Crippen LogP contribution < -0.4 is 10.3 Å². The number of pyridine rings is 1. The highest BCUT2D eigenvalue weighted by Crippen LogP contribution is 2.35. The second-order valence-corrected chi connectivity index (χ2v) is 8.51. The summed E-state index contributed by atoms with van der Waals surface area (Å²) in [4.78, 5) is 27.6. The van der Waals surface area contributed by atoms with Gasteiger partial charge in [0.15, 0.2) is 0 Å². The van der Waals surface area contributed by atoms with Crippen molar-refractivity contribution in [2.24, 2.45) is 0 Å². The first-order chi connectivity index (χ1) is 15.1. The van der Waals surface area contributed by atoms with E-state index in [1.54, 1.807) is 6.07 Å². The molecule has 158 valence electrons. The Kier molecular flexibility index (Phi) is 5.10. The molecular weight excluding hydrogens is 388 g/mol. The normalized spacial score (nSPS) is 16.3. The molecule has 2 aromatic carbocycles. The van der Waals surface area contributed by atoms with Crippen LogP contribution in [0.15, 0.2) is 77.6 Å². The van der Waals surface area contributed by atoms with Crippen molar-refractivity contribution in [1.82, 2.24) is 9.47 Å². The van der Waals surface area contributed by atoms with Crippen molar-refractivity contribution in [1.29, 1.82) is 0 Å². The standard InChI is InChI=1S/C26H26N2O3/c1-18-14-22(15-24(29)28(18)21-12-13-21)31-23-16-27(17-23)26(30)25(19-8-4-2-5-9-19)20-10-6-3-7-11-20/h2-11,14-15,21,23,25H,12-13,16-17H2,1H3. The smallest absolute Gasteiger partial charge is 0.254 e. The molecule has 0 spiro atoms. The largest absolute Gasteiger partial charge is 0.486 e. The minimum atomic E-state index is -0.326. The minimum absolute atomic E-state index is 0.00187. The Morgan fingerprint density at radius 2 is 1.52 bits per heavy atom. The van der Waals surface area contributed by atoms with Crippen LogP contribution in [0.2, 0.25) is 0 Å². The van der Waals surface area contributed by atoms with E-state index in [2.05, 4.69) is 0 Å². The van der Waals surface area contributed by atoms with Crippen molar-refractivity contribution in [3.8, 4) is 5.75 Å². The number of hydrogen-bond acceptors (Lipinski definition) is 3. The van der Waals surface area contributed by atoms with E-state index in [4.69, 9.17) is 4.74 Å². The number of hydrogen-bond donors (Lipinski definition) is 0. The van der Waals surface area contributed by atoms with Crippen LogP contribution in [0.1, 0.15) is 41.6 Å². The predicted octanol–water partition coefficient (Wildman–Crippen LogP) is 3.91. The van der Waals surface area contributed by atoms with Crippen LogP contribution in [0, 0.1) is 6.92 Å². The zero-order chi connectivity index (χ0) is 21.4. The molecule has 0 unspecified atom stereocenters. The molecule has 1 aliphatic carbocycles. The van der Waals surface area contributed by atoms with E-state index in [1.165, 1.54) is 0 Å². The summed E-state index contributed by atoms with van der Waals surface area (Å²) in [6.07, 6.45) is 2.06. The van der Waals surface area contributed by atoms with Gasteiger partial charge in [-0.1, -0.05) is 60.7 Å². The Hall–Kier alpha value is -3.34. The molecule has 1 saturated carbocycles. The van der Waals surface area contributed by atoms with Gasteiger partial charge in [0, 0.05) is 17.8 Å². The molecular formula is C26H26N2O3.